The Bertz CT molecular complexity index is 537. The summed E-state index contributed by atoms with van der Waals surface area (Å²) >= 11 is 0. The molecule has 0 unspecified atom stereocenters. The van der Waals surface area contributed by atoms with Gasteiger partial charge in [-0.05, 0) is 36.2 Å². The fourth-order valence-corrected chi connectivity index (χ4v) is 1.98. The summed E-state index contributed by atoms with van der Waals surface area (Å²) < 4.78 is 10.9. The molecular weight excluding hydrogens is 262 g/mol. The lowest BCUT2D eigenvalue weighted by atomic mass is 10.2. The van der Waals surface area contributed by atoms with E-state index < -0.39 is 0 Å². The number of hydrogen-bond donors (Lipinski definition) is 1. The summed E-state index contributed by atoms with van der Waals surface area (Å²) in [4.78, 5) is 0. The lowest BCUT2D eigenvalue weighted by Crippen LogP contribution is -2.01. The van der Waals surface area contributed by atoms with Crippen LogP contribution >= 0.6 is 0 Å². The highest BCUT2D eigenvalue weighted by atomic mass is 16.5. The summed E-state index contributed by atoms with van der Waals surface area (Å²) in [7, 11) is 1.68. The molecule has 0 saturated carbocycles. The Morgan fingerprint density at radius 2 is 1.81 bits per heavy atom. The fraction of sp³-hybridized carbons (Fsp3) is 0.333. The van der Waals surface area contributed by atoms with Crippen molar-refractivity contribution in [1.29, 1.82) is 0 Å². The van der Waals surface area contributed by atoms with Gasteiger partial charge in [-0.15, -0.1) is 0 Å². The third-order valence-electron chi connectivity index (χ3n) is 3.26. The van der Waals surface area contributed by atoms with Gasteiger partial charge in [-0.3, -0.25) is 0 Å². The minimum absolute atomic E-state index is 0.776. The largest absolute Gasteiger partial charge is 0.497 e. The molecule has 0 spiro atoms. The molecule has 0 fully saturated rings. The summed E-state index contributed by atoms with van der Waals surface area (Å²) in [5, 5.41) is 3.41. The highest BCUT2D eigenvalue weighted by molar-refractivity contribution is 5.48. The highest BCUT2D eigenvalue weighted by Crippen LogP contribution is 2.19. The molecule has 21 heavy (non-hydrogen) atoms. The predicted octanol–water partition coefficient (Wildman–Crippen LogP) is 4.49. The van der Waals surface area contributed by atoms with Gasteiger partial charge in [-0.1, -0.05) is 31.5 Å². The quantitative estimate of drug-likeness (QED) is 0.725. The van der Waals surface area contributed by atoms with Crippen LogP contribution in [-0.2, 0) is 6.54 Å². The molecule has 0 radical (unpaired) electrons. The zero-order chi connectivity index (χ0) is 14.9. The molecule has 0 amide bonds. The molecule has 2 aromatic rings. The molecule has 0 aliphatic carbocycles. The Morgan fingerprint density at radius 1 is 1.00 bits per heavy atom. The van der Waals surface area contributed by atoms with Crippen LogP contribution in [0, 0.1) is 0 Å². The van der Waals surface area contributed by atoms with Crippen LogP contribution in [0.2, 0.25) is 0 Å². The zero-order valence-corrected chi connectivity index (χ0v) is 12.8. The second-order valence-electron chi connectivity index (χ2n) is 4.93. The van der Waals surface area contributed by atoms with Gasteiger partial charge in [-0.25, -0.2) is 0 Å². The average Bonchev–Trinajstić information content (AvgIpc) is 2.54. The first kappa shape index (κ1) is 15.2. The summed E-state index contributed by atoms with van der Waals surface area (Å²) in [6.07, 6.45) is 2.24. The number of unbranched alkanes of at least 4 members (excludes halogenated alkanes) is 1. The van der Waals surface area contributed by atoms with Gasteiger partial charge >= 0.3 is 0 Å². The third-order valence-corrected chi connectivity index (χ3v) is 3.26. The second-order valence-corrected chi connectivity index (χ2v) is 4.93. The molecule has 2 rings (SSSR count). The number of nitrogens with one attached hydrogen (secondary N) is 1. The van der Waals surface area contributed by atoms with Crippen molar-refractivity contribution in [3.8, 4) is 11.5 Å². The predicted molar refractivity (Wildman–Crippen MR) is 87.2 cm³/mol. The van der Waals surface area contributed by atoms with Crippen LogP contribution in [-0.4, -0.2) is 13.7 Å². The second kappa shape index (κ2) is 8.20. The summed E-state index contributed by atoms with van der Waals surface area (Å²) in [6, 6.07) is 16.2. The van der Waals surface area contributed by atoms with E-state index in [2.05, 4.69) is 30.4 Å². The molecule has 0 aromatic heterocycles. The monoisotopic (exact) mass is 285 g/mol. The summed E-state index contributed by atoms with van der Waals surface area (Å²) in [5.41, 5.74) is 2.29. The summed E-state index contributed by atoms with van der Waals surface area (Å²) in [6.45, 7) is 3.72. The minimum Gasteiger partial charge on any atom is -0.497 e. The van der Waals surface area contributed by atoms with Crippen molar-refractivity contribution in [3.05, 3.63) is 54.1 Å². The minimum atomic E-state index is 0.776. The van der Waals surface area contributed by atoms with E-state index in [1.54, 1.807) is 7.11 Å². The van der Waals surface area contributed by atoms with E-state index in [0.29, 0.717) is 0 Å². The molecule has 0 bridgehead atoms. The van der Waals surface area contributed by atoms with Gasteiger partial charge in [0.1, 0.15) is 11.5 Å². The van der Waals surface area contributed by atoms with Crippen molar-refractivity contribution in [3.63, 3.8) is 0 Å². The summed E-state index contributed by atoms with van der Waals surface area (Å²) in [5.74, 6) is 1.80. The van der Waals surface area contributed by atoms with E-state index >= 15 is 0 Å². The van der Waals surface area contributed by atoms with Crippen molar-refractivity contribution >= 4 is 5.69 Å². The normalized spacial score (nSPS) is 10.2. The Hall–Kier alpha value is -2.16. The SMILES string of the molecule is CCCCOc1cccc(NCc2ccc(OC)cc2)c1. The van der Waals surface area contributed by atoms with Crippen LogP contribution in [0.25, 0.3) is 0 Å². The standard InChI is InChI=1S/C18H23NO2/c1-3-4-12-21-18-7-5-6-16(13-18)19-14-15-8-10-17(20-2)11-9-15/h5-11,13,19H,3-4,12,14H2,1-2H3. The Labute approximate surface area is 126 Å². The molecule has 3 heteroatoms. The third kappa shape index (κ3) is 5.03. The number of rotatable bonds is 8. The maximum Gasteiger partial charge on any atom is 0.121 e. The van der Waals surface area contributed by atoms with E-state index in [4.69, 9.17) is 9.47 Å². The van der Waals surface area contributed by atoms with Gasteiger partial charge < -0.3 is 14.8 Å². The number of methoxy groups -OCH3 is 1. The van der Waals surface area contributed by atoms with Crippen LogP contribution < -0.4 is 14.8 Å². The molecule has 0 aliphatic heterocycles. The Kier molecular flexibility index (Phi) is 5.95. The van der Waals surface area contributed by atoms with E-state index in [0.717, 1.165) is 43.2 Å². The first-order valence-electron chi connectivity index (χ1n) is 7.41. The molecule has 1 N–H and O–H groups in total. The van der Waals surface area contributed by atoms with E-state index in [1.165, 1.54) is 5.56 Å². The topological polar surface area (TPSA) is 30.5 Å². The molecule has 2 aromatic carbocycles. The molecule has 0 aliphatic rings. The maximum atomic E-state index is 5.71. The van der Waals surface area contributed by atoms with E-state index in [9.17, 15) is 0 Å². The molecule has 0 atom stereocenters. The van der Waals surface area contributed by atoms with Crippen molar-refractivity contribution < 1.29 is 9.47 Å². The lowest BCUT2D eigenvalue weighted by molar-refractivity contribution is 0.309. The number of ether oxygens (including phenoxy) is 2. The smallest absolute Gasteiger partial charge is 0.121 e. The number of anilines is 1. The maximum absolute atomic E-state index is 5.71. The Morgan fingerprint density at radius 3 is 2.52 bits per heavy atom. The number of benzene rings is 2. The molecule has 0 heterocycles. The zero-order valence-electron chi connectivity index (χ0n) is 12.8. The van der Waals surface area contributed by atoms with Crippen LogP contribution in [0.3, 0.4) is 0 Å². The van der Waals surface area contributed by atoms with Crippen LogP contribution in [0.4, 0.5) is 5.69 Å². The van der Waals surface area contributed by atoms with Crippen LogP contribution in [0.15, 0.2) is 48.5 Å². The lowest BCUT2D eigenvalue weighted by Gasteiger charge is -2.10. The molecule has 3 nitrogen and oxygen atoms in total. The van der Waals surface area contributed by atoms with Gasteiger partial charge in [0.15, 0.2) is 0 Å². The van der Waals surface area contributed by atoms with E-state index in [1.807, 2.05) is 30.3 Å². The van der Waals surface area contributed by atoms with Crippen molar-refractivity contribution in [1.82, 2.24) is 0 Å². The van der Waals surface area contributed by atoms with E-state index in [-0.39, 0.29) is 0 Å². The Balaban J connectivity index is 1.88. The van der Waals surface area contributed by atoms with Crippen LogP contribution in [0.5, 0.6) is 11.5 Å². The van der Waals surface area contributed by atoms with Gasteiger partial charge in [0, 0.05) is 18.3 Å². The van der Waals surface area contributed by atoms with Gasteiger partial charge in [0.25, 0.3) is 0 Å². The van der Waals surface area contributed by atoms with Crippen molar-refractivity contribution in [2.45, 2.75) is 26.3 Å². The average molecular weight is 285 g/mol. The van der Waals surface area contributed by atoms with Crippen molar-refractivity contribution in [2.24, 2.45) is 0 Å². The molecule has 112 valence electrons. The van der Waals surface area contributed by atoms with Gasteiger partial charge in [-0.2, -0.15) is 0 Å². The van der Waals surface area contributed by atoms with Crippen LogP contribution in [0.1, 0.15) is 25.3 Å². The fourth-order valence-electron chi connectivity index (χ4n) is 1.98. The first-order valence-corrected chi connectivity index (χ1v) is 7.41. The molecule has 0 saturated heterocycles. The van der Waals surface area contributed by atoms with Crippen molar-refractivity contribution in [2.75, 3.05) is 19.0 Å². The number of hydrogen-bond acceptors (Lipinski definition) is 3. The molecular formula is C18H23NO2. The van der Waals surface area contributed by atoms with Gasteiger partial charge in [0.2, 0.25) is 0 Å². The first-order chi connectivity index (χ1) is 10.3. The van der Waals surface area contributed by atoms with Gasteiger partial charge in [0.05, 0.1) is 13.7 Å². The highest BCUT2D eigenvalue weighted by Gasteiger charge is 1.98.